The standard InChI is InChI=1S/C20H20F2N2O2/c21-14-2-1-13(19(22)10-14)9-20(25)24-15-3-4-16(24)12-18(11-15)26-17-5-7-23-8-6-17/h1-2,5-8,10,15-16,18H,3-4,9,11-12H2. The molecule has 2 aliphatic heterocycles. The highest BCUT2D eigenvalue weighted by atomic mass is 19.1. The maximum Gasteiger partial charge on any atom is 0.227 e. The van der Waals surface area contributed by atoms with Crippen LogP contribution in [-0.2, 0) is 11.2 Å². The van der Waals surface area contributed by atoms with Gasteiger partial charge in [-0.1, -0.05) is 6.07 Å². The van der Waals surface area contributed by atoms with Gasteiger partial charge in [0.05, 0.1) is 6.42 Å². The Morgan fingerprint density at radius 2 is 1.81 bits per heavy atom. The summed E-state index contributed by atoms with van der Waals surface area (Å²) in [6.07, 6.45) is 6.86. The van der Waals surface area contributed by atoms with Gasteiger partial charge in [-0.05, 0) is 36.6 Å². The van der Waals surface area contributed by atoms with Crippen molar-refractivity contribution in [3.05, 3.63) is 59.9 Å². The number of amides is 1. The van der Waals surface area contributed by atoms with Gasteiger partial charge in [0, 0.05) is 43.4 Å². The average Bonchev–Trinajstić information content (AvgIpc) is 2.89. The highest BCUT2D eigenvalue weighted by Gasteiger charge is 2.43. The third-order valence-electron chi connectivity index (χ3n) is 5.29. The molecular formula is C20H20F2N2O2. The Morgan fingerprint density at radius 3 is 2.46 bits per heavy atom. The first kappa shape index (κ1) is 16.9. The van der Waals surface area contributed by atoms with E-state index >= 15 is 0 Å². The topological polar surface area (TPSA) is 42.4 Å². The summed E-state index contributed by atoms with van der Waals surface area (Å²) in [6.45, 7) is 0. The number of carbonyl (C=O) groups excluding carboxylic acids is 1. The predicted octanol–water partition coefficient (Wildman–Crippen LogP) is 3.50. The molecule has 2 bridgehead atoms. The van der Waals surface area contributed by atoms with Crippen molar-refractivity contribution in [3.8, 4) is 5.75 Å². The molecule has 0 spiro atoms. The fraction of sp³-hybridized carbons (Fsp3) is 0.400. The van der Waals surface area contributed by atoms with Crippen molar-refractivity contribution in [3.63, 3.8) is 0 Å². The van der Waals surface area contributed by atoms with Gasteiger partial charge in [-0.3, -0.25) is 9.78 Å². The van der Waals surface area contributed by atoms with Gasteiger partial charge in [-0.2, -0.15) is 0 Å². The summed E-state index contributed by atoms with van der Waals surface area (Å²) in [5, 5.41) is 0. The number of carbonyl (C=O) groups is 1. The molecule has 26 heavy (non-hydrogen) atoms. The zero-order valence-corrected chi connectivity index (χ0v) is 14.3. The summed E-state index contributed by atoms with van der Waals surface area (Å²) in [5.74, 6) is -0.600. The number of ether oxygens (including phenoxy) is 1. The lowest BCUT2D eigenvalue weighted by Crippen LogP contribution is -2.49. The van der Waals surface area contributed by atoms with Crippen molar-refractivity contribution in [1.82, 2.24) is 9.88 Å². The van der Waals surface area contributed by atoms with E-state index in [9.17, 15) is 13.6 Å². The second kappa shape index (κ2) is 7.02. The molecule has 2 saturated heterocycles. The van der Waals surface area contributed by atoms with E-state index in [2.05, 4.69) is 4.98 Å². The van der Waals surface area contributed by atoms with Crippen LogP contribution < -0.4 is 4.74 Å². The van der Waals surface area contributed by atoms with E-state index in [0.29, 0.717) is 0 Å². The third kappa shape index (κ3) is 3.41. The van der Waals surface area contributed by atoms with Crippen molar-refractivity contribution < 1.29 is 18.3 Å². The fourth-order valence-electron chi connectivity index (χ4n) is 4.16. The summed E-state index contributed by atoms with van der Waals surface area (Å²) < 4.78 is 32.9. The van der Waals surface area contributed by atoms with Crippen LogP contribution in [0.3, 0.4) is 0 Å². The quantitative estimate of drug-likeness (QED) is 0.840. The Bertz CT molecular complexity index is 786. The van der Waals surface area contributed by atoms with Crippen LogP contribution in [0.15, 0.2) is 42.7 Å². The Labute approximate surface area is 150 Å². The number of hydrogen-bond acceptors (Lipinski definition) is 3. The molecule has 3 heterocycles. The molecule has 2 unspecified atom stereocenters. The minimum absolute atomic E-state index is 0.0327. The van der Waals surface area contributed by atoms with E-state index in [1.165, 1.54) is 12.1 Å². The summed E-state index contributed by atoms with van der Waals surface area (Å²) in [7, 11) is 0. The van der Waals surface area contributed by atoms with Crippen molar-refractivity contribution >= 4 is 5.91 Å². The first-order chi connectivity index (χ1) is 12.6. The first-order valence-electron chi connectivity index (χ1n) is 8.92. The number of aromatic nitrogens is 1. The molecular weight excluding hydrogens is 338 g/mol. The summed E-state index contributed by atoms with van der Waals surface area (Å²) in [6, 6.07) is 7.27. The van der Waals surface area contributed by atoms with Crippen LogP contribution in [0.2, 0.25) is 0 Å². The molecule has 1 amide bonds. The van der Waals surface area contributed by atoms with Crippen LogP contribution >= 0.6 is 0 Å². The highest BCUT2D eigenvalue weighted by molar-refractivity contribution is 5.80. The number of nitrogens with zero attached hydrogens (tertiary/aromatic N) is 2. The number of halogens is 2. The van der Waals surface area contributed by atoms with Crippen molar-refractivity contribution in [2.45, 2.75) is 50.3 Å². The maximum absolute atomic E-state index is 13.9. The van der Waals surface area contributed by atoms with Gasteiger partial charge >= 0.3 is 0 Å². The number of hydrogen-bond donors (Lipinski definition) is 0. The van der Waals surface area contributed by atoms with E-state index in [4.69, 9.17) is 4.74 Å². The molecule has 1 aromatic carbocycles. The average molecular weight is 358 g/mol. The Balaban J connectivity index is 1.42. The van der Waals surface area contributed by atoms with Crippen LogP contribution in [0.1, 0.15) is 31.2 Å². The second-order valence-electron chi connectivity index (χ2n) is 6.99. The molecule has 4 rings (SSSR count). The van der Waals surface area contributed by atoms with E-state index in [1.54, 1.807) is 12.4 Å². The monoisotopic (exact) mass is 358 g/mol. The number of piperidine rings is 1. The van der Waals surface area contributed by atoms with Crippen molar-refractivity contribution in [2.24, 2.45) is 0 Å². The van der Waals surface area contributed by atoms with Crippen LogP contribution in [0.25, 0.3) is 0 Å². The number of benzene rings is 1. The van der Waals surface area contributed by atoms with Crippen LogP contribution in [0, 0.1) is 11.6 Å². The number of fused-ring (bicyclic) bond motifs is 2. The molecule has 136 valence electrons. The molecule has 0 radical (unpaired) electrons. The lowest BCUT2D eigenvalue weighted by molar-refractivity contribution is -0.136. The minimum atomic E-state index is -0.665. The van der Waals surface area contributed by atoms with Crippen molar-refractivity contribution in [2.75, 3.05) is 0 Å². The van der Waals surface area contributed by atoms with E-state index < -0.39 is 11.6 Å². The van der Waals surface area contributed by atoms with Crippen LogP contribution in [0.4, 0.5) is 8.78 Å². The van der Waals surface area contributed by atoms with Crippen molar-refractivity contribution in [1.29, 1.82) is 0 Å². The van der Waals surface area contributed by atoms with Crippen LogP contribution in [-0.4, -0.2) is 34.0 Å². The van der Waals surface area contributed by atoms with Gasteiger partial charge in [0.1, 0.15) is 23.5 Å². The number of pyridine rings is 1. The SMILES string of the molecule is O=C(Cc1ccc(F)cc1F)N1C2CCC1CC(Oc1ccncc1)C2. The van der Waals surface area contributed by atoms with E-state index in [1.807, 2.05) is 17.0 Å². The Kier molecular flexibility index (Phi) is 4.57. The second-order valence-corrected chi connectivity index (χ2v) is 6.99. The lowest BCUT2D eigenvalue weighted by Gasteiger charge is -2.39. The molecule has 2 atom stereocenters. The molecule has 0 aliphatic carbocycles. The fourth-order valence-corrected chi connectivity index (χ4v) is 4.16. The van der Waals surface area contributed by atoms with E-state index in [-0.39, 0.29) is 36.1 Å². The zero-order chi connectivity index (χ0) is 18.1. The molecule has 0 N–H and O–H groups in total. The molecule has 6 heteroatoms. The molecule has 2 aliphatic rings. The van der Waals surface area contributed by atoms with Gasteiger partial charge in [0.15, 0.2) is 0 Å². The van der Waals surface area contributed by atoms with E-state index in [0.717, 1.165) is 37.5 Å². The first-order valence-corrected chi connectivity index (χ1v) is 8.92. The van der Waals surface area contributed by atoms with Gasteiger partial charge in [0.2, 0.25) is 5.91 Å². The summed E-state index contributed by atoms with van der Waals surface area (Å²) >= 11 is 0. The predicted molar refractivity (Wildman–Crippen MR) is 91.6 cm³/mol. The summed E-state index contributed by atoms with van der Waals surface area (Å²) in [5.41, 5.74) is 0.242. The van der Waals surface area contributed by atoms with Crippen LogP contribution in [0.5, 0.6) is 5.75 Å². The molecule has 2 aromatic rings. The normalized spacial score (nSPS) is 24.5. The number of rotatable bonds is 4. The molecule has 1 aromatic heterocycles. The third-order valence-corrected chi connectivity index (χ3v) is 5.29. The smallest absolute Gasteiger partial charge is 0.227 e. The molecule has 0 saturated carbocycles. The zero-order valence-electron chi connectivity index (χ0n) is 14.3. The molecule has 2 fully saturated rings. The van der Waals surface area contributed by atoms with Gasteiger partial charge in [-0.25, -0.2) is 8.78 Å². The lowest BCUT2D eigenvalue weighted by atomic mass is 9.98. The summed E-state index contributed by atoms with van der Waals surface area (Å²) in [4.78, 5) is 18.6. The van der Waals surface area contributed by atoms with Gasteiger partial charge < -0.3 is 9.64 Å². The van der Waals surface area contributed by atoms with Gasteiger partial charge in [-0.15, -0.1) is 0 Å². The Hall–Kier alpha value is -2.50. The van der Waals surface area contributed by atoms with Gasteiger partial charge in [0.25, 0.3) is 0 Å². The largest absolute Gasteiger partial charge is 0.490 e. The maximum atomic E-state index is 13.9. The molecule has 4 nitrogen and oxygen atoms in total. The Morgan fingerprint density at radius 1 is 1.12 bits per heavy atom. The minimum Gasteiger partial charge on any atom is -0.490 e. The highest BCUT2D eigenvalue weighted by Crippen LogP contribution is 2.37.